The molecular weight excluding hydrogens is 310 g/mol. The van der Waals surface area contributed by atoms with Gasteiger partial charge in [0.25, 0.3) is 0 Å². The first kappa shape index (κ1) is 18.4. The highest BCUT2D eigenvalue weighted by Gasteiger charge is 2.40. The molecule has 0 aromatic heterocycles. The summed E-state index contributed by atoms with van der Waals surface area (Å²) in [6.07, 6.45) is 2.48. The Kier molecular flexibility index (Phi) is 5.53. The molecule has 2 aliphatic rings. The third-order valence-electron chi connectivity index (χ3n) is 5.31. The molecule has 1 N–H and O–H groups in total. The number of carbonyl (C=O) groups is 2. The monoisotopic (exact) mass is 341 g/mol. The molecule has 2 fully saturated rings. The lowest BCUT2D eigenvalue weighted by atomic mass is 10.1. The van der Waals surface area contributed by atoms with E-state index in [1.165, 1.54) is 4.90 Å². The average Bonchev–Trinajstić information content (AvgIpc) is 2.74. The number of likely N-dealkylation sites (tertiary alicyclic amines) is 1. The highest BCUT2D eigenvalue weighted by molar-refractivity contribution is 6.74. The van der Waals surface area contributed by atoms with Crippen molar-refractivity contribution >= 4 is 20.3 Å². The smallest absolute Gasteiger partial charge is 0.324 e. The summed E-state index contributed by atoms with van der Waals surface area (Å²) in [6.45, 7) is 14.6. The first-order chi connectivity index (χ1) is 10.6. The van der Waals surface area contributed by atoms with E-state index >= 15 is 0 Å². The molecule has 0 saturated carbocycles. The molecule has 2 aliphatic heterocycles. The summed E-state index contributed by atoms with van der Waals surface area (Å²) in [5.41, 5.74) is 0. The summed E-state index contributed by atoms with van der Waals surface area (Å²) in [7, 11) is -1.75. The van der Waals surface area contributed by atoms with Crippen LogP contribution in [0.1, 0.15) is 33.6 Å². The number of nitrogens with zero attached hydrogens (tertiary/aromatic N) is 2. The normalized spacial score (nSPS) is 24.2. The van der Waals surface area contributed by atoms with Gasteiger partial charge in [0.05, 0.1) is 12.6 Å². The van der Waals surface area contributed by atoms with Gasteiger partial charge in [-0.05, 0) is 37.5 Å². The van der Waals surface area contributed by atoms with E-state index < -0.39 is 8.32 Å². The zero-order valence-electron chi connectivity index (χ0n) is 15.1. The Hall–Kier alpha value is -0.923. The zero-order chi connectivity index (χ0) is 17.3. The van der Waals surface area contributed by atoms with Gasteiger partial charge in [-0.3, -0.25) is 14.6 Å². The van der Waals surface area contributed by atoms with Crippen LogP contribution < -0.4 is 5.32 Å². The molecule has 23 heavy (non-hydrogen) atoms. The highest BCUT2D eigenvalue weighted by Crippen LogP contribution is 2.38. The Labute approximate surface area is 140 Å². The first-order valence-electron chi connectivity index (χ1n) is 8.58. The molecular formula is C16H31N3O3Si. The first-order valence-corrected chi connectivity index (χ1v) is 11.5. The molecule has 0 aromatic carbocycles. The minimum absolute atomic E-state index is 0.124. The number of hydrogen-bond donors (Lipinski definition) is 1. The molecule has 6 nitrogen and oxygen atoms in total. The number of imide groups is 1. The van der Waals surface area contributed by atoms with E-state index in [1.54, 1.807) is 0 Å². The van der Waals surface area contributed by atoms with Gasteiger partial charge in [-0.2, -0.15) is 0 Å². The second kappa shape index (κ2) is 6.90. The van der Waals surface area contributed by atoms with Crippen molar-refractivity contribution in [3.8, 4) is 0 Å². The molecule has 2 rings (SSSR count). The van der Waals surface area contributed by atoms with Crippen molar-refractivity contribution in [3.05, 3.63) is 0 Å². The van der Waals surface area contributed by atoms with Gasteiger partial charge >= 0.3 is 6.03 Å². The average molecular weight is 342 g/mol. The lowest BCUT2D eigenvalue weighted by Crippen LogP contribution is -2.50. The summed E-state index contributed by atoms with van der Waals surface area (Å²) >= 11 is 0. The molecule has 0 bridgehead atoms. The molecule has 0 unspecified atom stereocenters. The van der Waals surface area contributed by atoms with Crippen LogP contribution in [0, 0.1) is 0 Å². The summed E-state index contributed by atoms with van der Waals surface area (Å²) in [6, 6.07) is -0.263. The SMILES string of the molecule is CC(C)(C)[Si](C)(C)O[C@H]1CCCN(CCN2C(=O)CNC2=O)C1. The van der Waals surface area contributed by atoms with Crippen molar-refractivity contribution in [3.63, 3.8) is 0 Å². The summed E-state index contributed by atoms with van der Waals surface area (Å²) in [4.78, 5) is 26.8. The molecule has 0 radical (unpaired) electrons. The topological polar surface area (TPSA) is 61.9 Å². The van der Waals surface area contributed by atoms with E-state index in [-0.39, 0.29) is 29.6 Å². The number of rotatable bonds is 5. The van der Waals surface area contributed by atoms with Crippen LogP contribution in [-0.4, -0.2) is 68.9 Å². The van der Waals surface area contributed by atoms with Crippen molar-refractivity contribution in [1.82, 2.24) is 15.1 Å². The van der Waals surface area contributed by atoms with Gasteiger partial charge in [-0.25, -0.2) is 4.79 Å². The molecule has 132 valence electrons. The van der Waals surface area contributed by atoms with Gasteiger partial charge in [-0.1, -0.05) is 20.8 Å². The van der Waals surface area contributed by atoms with Gasteiger partial charge in [0.1, 0.15) is 0 Å². The van der Waals surface area contributed by atoms with Crippen molar-refractivity contribution in [2.75, 3.05) is 32.7 Å². The van der Waals surface area contributed by atoms with Crippen LogP contribution in [0.3, 0.4) is 0 Å². The number of carbonyl (C=O) groups excluding carboxylic acids is 2. The fourth-order valence-electron chi connectivity index (χ4n) is 2.83. The van der Waals surface area contributed by atoms with Gasteiger partial charge in [0.2, 0.25) is 5.91 Å². The van der Waals surface area contributed by atoms with Crippen molar-refractivity contribution in [1.29, 1.82) is 0 Å². The number of amides is 3. The van der Waals surface area contributed by atoms with E-state index in [0.717, 1.165) is 32.5 Å². The molecule has 0 aliphatic carbocycles. The third-order valence-corrected chi connectivity index (χ3v) is 9.84. The van der Waals surface area contributed by atoms with Gasteiger partial charge in [0, 0.05) is 19.6 Å². The Bertz CT molecular complexity index is 446. The maximum Gasteiger partial charge on any atom is 0.324 e. The highest BCUT2D eigenvalue weighted by atomic mass is 28.4. The van der Waals surface area contributed by atoms with Crippen LogP contribution in [0.4, 0.5) is 4.79 Å². The molecule has 2 heterocycles. The molecule has 3 amide bonds. The fraction of sp³-hybridized carbons (Fsp3) is 0.875. The van der Waals surface area contributed by atoms with Crippen LogP contribution in [0.25, 0.3) is 0 Å². The lowest BCUT2D eigenvalue weighted by molar-refractivity contribution is -0.125. The Balaban J connectivity index is 1.84. The Morgan fingerprint density at radius 3 is 2.52 bits per heavy atom. The maximum atomic E-state index is 11.6. The molecule has 2 saturated heterocycles. The van der Waals surface area contributed by atoms with Crippen LogP contribution in [-0.2, 0) is 9.22 Å². The van der Waals surface area contributed by atoms with Crippen LogP contribution in [0.2, 0.25) is 18.1 Å². The van der Waals surface area contributed by atoms with Crippen molar-refractivity contribution in [2.45, 2.75) is 57.8 Å². The Morgan fingerprint density at radius 2 is 1.96 bits per heavy atom. The van der Waals surface area contributed by atoms with E-state index in [0.29, 0.717) is 6.54 Å². The number of urea groups is 1. The molecule has 7 heteroatoms. The third kappa shape index (κ3) is 4.55. The van der Waals surface area contributed by atoms with E-state index in [4.69, 9.17) is 4.43 Å². The molecule has 0 aromatic rings. The predicted molar refractivity (Wildman–Crippen MR) is 92.9 cm³/mol. The number of hydrogen-bond acceptors (Lipinski definition) is 4. The molecule has 1 atom stereocenters. The predicted octanol–water partition coefficient (Wildman–Crippen LogP) is 2.02. The van der Waals surface area contributed by atoms with Crippen LogP contribution >= 0.6 is 0 Å². The largest absolute Gasteiger partial charge is 0.413 e. The second-order valence-corrected chi connectivity index (χ2v) is 12.9. The van der Waals surface area contributed by atoms with Crippen LogP contribution in [0.15, 0.2) is 0 Å². The summed E-state index contributed by atoms with van der Waals surface area (Å²) in [5.74, 6) is -0.124. The van der Waals surface area contributed by atoms with Gasteiger partial charge < -0.3 is 9.74 Å². The Morgan fingerprint density at radius 1 is 1.26 bits per heavy atom. The number of piperidine rings is 1. The summed E-state index contributed by atoms with van der Waals surface area (Å²) < 4.78 is 6.52. The van der Waals surface area contributed by atoms with E-state index in [2.05, 4.69) is 44.1 Å². The van der Waals surface area contributed by atoms with E-state index in [9.17, 15) is 9.59 Å². The second-order valence-electron chi connectivity index (χ2n) is 8.15. The zero-order valence-corrected chi connectivity index (χ0v) is 16.1. The van der Waals surface area contributed by atoms with Crippen molar-refractivity contribution in [2.24, 2.45) is 0 Å². The number of nitrogens with one attached hydrogen (secondary N) is 1. The quantitative estimate of drug-likeness (QED) is 0.614. The van der Waals surface area contributed by atoms with Crippen molar-refractivity contribution < 1.29 is 14.0 Å². The van der Waals surface area contributed by atoms with Crippen LogP contribution in [0.5, 0.6) is 0 Å². The lowest BCUT2D eigenvalue weighted by Gasteiger charge is -2.42. The summed E-state index contributed by atoms with van der Waals surface area (Å²) in [5, 5.41) is 2.78. The van der Waals surface area contributed by atoms with E-state index in [1.807, 2.05) is 0 Å². The minimum atomic E-state index is -1.75. The maximum absolute atomic E-state index is 11.6. The van der Waals surface area contributed by atoms with Gasteiger partial charge in [-0.15, -0.1) is 0 Å². The minimum Gasteiger partial charge on any atom is -0.413 e. The fourth-order valence-corrected chi connectivity index (χ4v) is 4.21. The van der Waals surface area contributed by atoms with Gasteiger partial charge in [0.15, 0.2) is 8.32 Å². The standard InChI is InChI=1S/C16H31N3O3Si/c1-16(2,3)23(4,5)22-13-7-6-8-18(12-13)9-10-19-14(20)11-17-15(19)21/h13H,6-12H2,1-5H3,(H,17,21)/t13-/m0/s1. The molecule has 0 spiro atoms.